The predicted octanol–water partition coefficient (Wildman–Crippen LogP) is 1.73. The van der Waals surface area contributed by atoms with Crippen LogP contribution in [0.15, 0.2) is 24.3 Å². The molecule has 10 heteroatoms. The van der Waals surface area contributed by atoms with Crippen LogP contribution >= 0.6 is 30.3 Å². The van der Waals surface area contributed by atoms with Gasteiger partial charge >= 0.3 is 0 Å². The maximum absolute atomic E-state index is 5.78. The summed E-state index contributed by atoms with van der Waals surface area (Å²) in [5.41, 5.74) is 8.99. The largest absolute Gasteiger partial charge is 0.384 e. The normalized spacial score (nSPS) is 15.1. The van der Waals surface area contributed by atoms with Crippen LogP contribution in [0, 0.1) is 5.92 Å². The van der Waals surface area contributed by atoms with E-state index in [0.29, 0.717) is 11.8 Å². The first kappa shape index (κ1) is 15.5. The second-order valence-electron chi connectivity index (χ2n) is 5.06. The molecule has 0 spiro atoms. The third kappa shape index (κ3) is 3.50. The topological polar surface area (TPSA) is 119 Å². The van der Waals surface area contributed by atoms with Gasteiger partial charge in [-0.3, -0.25) is 9.82 Å². The fourth-order valence-corrected chi connectivity index (χ4v) is 3.32. The Balaban J connectivity index is 1.94. The van der Waals surface area contributed by atoms with Crippen LogP contribution in [0.5, 0.6) is 0 Å². The highest BCUT2D eigenvalue weighted by Crippen LogP contribution is 2.32. The Hall–Kier alpha value is -1.40. The van der Waals surface area contributed by atoms with Gasteiger partial charge in [0.1, 0.15) is 11.6 Å². The SMILES string of the molecule is NN/C=C(\N)Nc1nc(NCC2CC2)c2ccn(SI)c2n1. The minimum atomic E-state index is 0.343. The fraction of sp³-hybridized carbons (Fsp3) is 0.333. The molecule has 2 aromatic rings. The Bertz CT molecular complexity index is 696. The molecule has 0 unspecified atom stereocenters. The number of rotatable bonds is 7. The molecule has 7 N–H and O–H groups in total. The van der Waals surface area contributed by atoms with E-state index in [0.717, 1.165) is 29.3 Å². The lowest BCUT2D eigenvalue weighted by molar-refractivity contribution is 0.883. The van der Waals surface area contributed by atoms with E-state index in [1.165, 1.54) is 19.0 Å². The van der Waals surface area contributed by atoms with Crippen molar-refractivity contribution in [3.8, 4) is 0 Å². The number of fused-ring (bicyclic) bond motifs is 1. The molecule has 22 heavy (non-hydrogen) atoms. The lowest BCUT2D eigenvalue weighted by atomic mass is 10.3. The van der Waals surface area contributed by atoms with Crippen LogP contribution in [-0.4, -0.2) is 20.5 Å². The van der Waals surface area contributed by atoms with E-state index in [4.69, 9.17) is 11.6 Å². The van der Waals surface area contributed by atoms with Crippen molar-refractivity contribution in [2.24, 2.45) is 17.5 Å². The highest BCUT2D eigenvalue weighted by atomic mass is 127. The number of hydrogen-bond donors (Lipinski definition) is 5. The standard InChI is InChI=1S/C12H17IN8S/c13-22-21-4-3-8-10(16-5-7-1-2-7)19-12(20-11(8)21)18-9(14)6-17-15/h3-4,6-7,17H,1-2,5,14-15H2,(H2,16,18,19,20)/b9-6+. The van der Waals surface area contributed by atoms with Gasteiger partial charge in [-0.2, -0.15) is 9.97 Å². The van der Waals surface area contributed by atoms with E-state index < -0.39 is 0 Å². The van der Waals surface area contributed by atoms with Gasteiger partial charge < -0.3 is 21.8 Å². The van der Waals surface area contributed by atoms with E-state index in [1.807, 2.05) is 16.2 Å². The highest BCUT2D eigenvalue weighted by Gasteiger charge is 2.22. The molecule has 0 saturated heterocycles. The summed E-state index contributed by atoms with van der Waals surface area (Å²) in [5, 5.41) is 7.34. The summed E-state index contributed by atoms with van der Waals surface area (Å²) in [5.74, 6) is 7.56. The Morgan fingerprint density at radius 3 is 3.00 bits per heavy atom. The van der Waals surface area contributed by atoms with Crippen LogP contribution in [0.4, 0.5) is 11.8 Å². The van der Waals surface area contributed by atoms with Gasteiger partial charge in [0.2, 0.25) is 5.95 Å². The first-order valence-electron chi connectivity index (χ1n) is 6.82. The van der Waals surface area contributed by atoms with E-state index in [9.17, 15) is 0 Å². The molecule has 1 aliphatic carbocycles. The molecule has 118 valence electrons. The first-order chi connectivity index (χ1) is 10.7. The average molecular weight is 432 g/mol. The molecule has 1 aliphatic rings. The van der Waals surface area contributed by atoms with Crippen LogP contribution in [-0.2, 0) is 0 Å². The van der Waals surface area contributed by atoms with Crippen molar-refractivity contribution < 1.29 is 0 Å². The van der Waals surface area contributed by atoms with Gasteiger partial charge in [-0.25, -0.2) is 0 Å². The van der Waals surface area contributed by atoms with Crippen molar-refractivity contribution in [2.45, 2.75) is 12.8 Å². The summed E-state index contributed by atoms with van der Waals surface area (Å²) < 4.78 is 1.98. The molecule has 8 nitrogen and oxygen atoms in total. The molecule has 0 aliphatic heterocycles. The molecular weight excluding hydrogens is 415 g/mol. The first-order valence-corrected chi connectivity index (χ1v) is 10.1. The molecule has 0 bridgehead atoms. The summed E-state index contributed by atoms with van der Waals surface area (Å²) in [6.45, 7) is 0.934. The molecule has 1 saturated carbocycles. The van der Waals surface area contributed by atoms with Gasteiger partial charge in [0.25, 0.3) is 0 Å². The minimum Gasteiger partial charge on any atom is -0.384 e. The van der Waals surface area contributed by atoms with E-state index in [-0.39, 0.29) is 0 Å². The van der Waals surface area contributed by atoms with Crippen LogP contribution < -0.4 is 27.6 Å². The van der Waals surface area contributed by atoms with Gasteiger partial charge in [-0.1, -0.05) is 0 Å². The Kier molecular flexibility index (Phi) is 4.78. The smallest absolute Gasteiger partial charge is 0.232 e. The number of hydrogen-bond acceptors (Lipinski definition) is 8. The Morgan fingerprint density at radius 1 is 1.50 bits per heavy atom. The number of nitrogens with two attached hydrogens (primary N) is 2. The van der Waals surface area contributed by atoms with E-state index in [2.05, 4.69) is 47.2 Å². The number of anilines is 2. The summed E-state index contributed by atoms with van der Waals surface area (Å²) in [6.07, 6.45) is 5.99. The van der Waals surface area contributed by atoms with Crippen LogP contribution in [0.3, 0.4) is 0 Å². The number of nitrogens with zero attached hydrogens (tertiary/aromatic N) is 3. The number of aromatic nitrogens is 3. The Labute approximate surface area is 144 Å². The molecule has 3 rings (SSSR count). The zero-order valence-electron chi connectivity index (χ0n) is 11.7. The van der Waals surface area contributed by atoms with Gasteiger partial charge in [0, 0.05) is 43.1 Å². The van der Waals surface area contributed by atoms with Gasteiger partial charge in [-0.05, 0) is 24.8 Å². The molecule has 0 radical (unpaired) electrons. The summed E-state index contributed by atoms with van der Waals surface area (Å²) in [6, 6.07) is 2.01. The fourth-order valence-electron chi connectivity index (χ4n) is 2.06. The summed E-state index contributed by atoms with van der Waals surface area (Å²) in [7, 11) is 1.55. The van der Waals surface area contributed by atoms with Crippen molar-refractivity contribution >= 4 is 53.1 Å². The lowest BCUT2D eigenvalue weighted by Crippen LogP contribution is -2.21. The van der Waals surface area contributed by atoms with Crippen molar-refractivity contribution in [1.82, 2.24) is 19.4 Å². The molecule has 0 aromatic carbocycles. The predicted molar refractivity (Wildman–Crippen MR) is 99.0 cm³/mol. The lowest BCUT2D eigenvalue weighted by Gasteiger charge is -2.10. The van der Waals surface area contributed by atoms with Gasteiger partial charge in [0.15, 0.2) is 5.65 Å². The van der Waals surface area contributed by atoms with Crippen molar-refractivity contribution in [1.29, 1.82) is 0 Å². The number of nitrogens with one attached hydrogen (secondary N) is 3. The molecule has 1 fully saturated rings. The quantitative estimate of drug-likeness (QED) is 0.255. The molecule has 2 aromatic heterocycles. The summed E-state index contributed by atoms with van der Waals surface area (Å²) >= 11 is 2.22. The van der Waals surface area contributed by atoms with Crippen molar-refractivity contribution in [3.05, 3.63) is 24.3 Å². The van der Waals surface area contributed by atoms with Crippen LogP contribution in [0.25, 0.3) is 11.0 Å². The maximum atomic E-state index is 5.78. The third-order valence-corrected chi connectivity index (χ3v) is 5.05. The molecule has 0 amide bonds. The zero-order valence-corrected chi connectivity index (χ0v) is 14.7. The van der Waals surface area contributed by atoms with Crippen LogP contribution in [0.2, 0.25) is 0 Å². The minimum absolute atomic E-state index is 0.343. The zero-order chi connectivity index (χ0) is 15.5. The summed E-state index contributed by atoms with van der Waals surface area (Å²) in [4.78, 5) is 9.04. The molecular formula is C12H17IN8S. The monoisotopic (exact) mass is 432 g/mol. The third-order valence-electron chi connectivity index (χ3n) is 3.34. The van der Waals surface area contributed by atoms with Crippen LogP contribution in [0.1, 0.15) is 12.8 Å². The molecule has 0 atom stereocenters. The second-order valence-corrected chi connectivity index (χ2v) is 6.77. The highest BCUT2D eigenvalue weighted by molar-refractivity contribution is 14.2. The second kappa shape index (κ2) is 6.79. The van der Waals surface area contributed by atoms with Crippen molar-refractivity contribution in [3.63, 3.8) is 0 Å². The Morgan fingerprint density at radius 2 is 2.32 bits per heavy atom. The number of hydrazine groups is 1. The van der Waals surface area contributed by atoms with E-state index in [1.54, 1.807) is 9.12 Å². The average Bonchev–Trinajstić information content (AvgIpc) is 3.23. The van der Waals surface area contributed by atoms with Crippen molar-refractivity contribution in [2.75, 3.05) is 17.2 Å². The molecule has 2 heterocycles. The van der Waals surface area contributed by atoms with Gasteiger partial charge in [-0.15, -0.1) is 0 Å². The maximum Gasteiger partial charge on any atom is 0.232 e. The van der Waals surface area contributed by atoms with E-state index >= 15 is 0 Å². The number of halogens is 1. The van der Waals surface area contributed by atoms with Gasteiger partial charge in [0.05, 0.1) is 11.6 Å².